The van der Waals surface area contributed by atoms with Gasteiger partial charge in [0.05, 0.1) is 12.1 Å². The summed E-state index contributed by atoms with van der Waals surface area (Å²) in [5.74, 6) is -0.746. The summed E-state index contributed by atoms with van der Waals surface area (Å²) < 4.78 is 22.0. The van der Waals surface area contributed by atoms with E-state index in [2.05, 4.69) is 4.98 Å². The fourth-order valence-electron chi connectivity index (χ4n) is 1.65. The third-order valence-corrected chi connectivity index (χ3v) is 4.09. The van der Waals surface area contributed by atoms with Crippen molar-refractivity contribution in [3.05, 3.63) is 40.7 Å². The maximum absolute atomic E-state index is 11.6. The van der Waals surface area contributed by atoms with Gasteiger partial charge in [-0.15, -0.1) is 11.3 Å². The van der Waals surface area contributed by atoms with E-state index in [1.807, 2.05) is 35.7 Å². The van der Waals surface area contributed by atoms with E-state index in [1.165, 1.54) is 11.3 Å². The molecule has 0 radical (unpaired) electrons. The monoisotopic (exact) mass is 295 g/mol. The molecule has 4 nitrogen and oxygen atoms in total. The lowest BCUT2D eigenvalue weighted by molar-refractivity contribution is -0.116. The van der Waals surface area contributed by atoms with Crippen LogP contribution in [0.25, 0.3) is 11.3 Å². The minimum atomic E-state index is -3.26. The van der Waals surface area contributed by atoms with Gasteiger partial charge in [-0.05, 0) is 0 Å². The highest BCUT2D eigenvalue weighted by atomic mass is 32.2. The van der Waals surface area contributed by atoms with Crippen molar-refractivity contribution in [2.24, 2.45) is 0 Å². The number of Topliss-reactive ketones (excluding diaryl/α,β-unsaturated/α-hetero) is 1. The molecule has 6 heteroatoms. The number of carbonyl (C=O) groups is 1. The minimum absolute atomic E-state index is 0.0740. The Morgan fingerprint density at radius 3 is 2.58 bits per heavy atom. The van der Waals surface area contributed by atoms with Crippen molar-refractivity contribution in [2.75, 3.05) is 12.0 Å². The van der Waals surface area contributed by atoms with Gasteiger partial charge < -0.3 is 0 Å². The van der Waals surface area contributed by atoms with Crippen molar-refractivity contribution in [3.63, 3.8) is 0 Å². The quantitative estimate of drug-likeness (QED) is 0.846. The van der Waals surface area contributed by atoms with E-state index in [4.69, 9.17) is 0 Å². The van der Waals surface area contributed by atoms with Crippen molar-refractivity contribution in [1.29, 1.82) is 0 Å². The summed E-state index contributed by atoms with van der Waals surface area (Å²) in [4.78, 5) is 15.9. The molecule has 0 spiro atoms. The molecule has 1 aromatic carbocycles. The number of rotatable bonds is 5. The van der Waals surface area contributed by atoms with E-state index >= 15 is 0 Å². The lowest BCUT2D eigenvalue weighted by atomic mass is 10.2. The zero-order valence-corrected chi connectivity index (χ0v) is 12.0. The van der Waals surface area contributed by atoms with Gasteiger partial charge in [0, 0.05) is 17.2 Å². The van der Waals surface area contributed by atoms with E-state index in [-0.39, 0.29) is 12.2 Å². The molecule has 19 heavy (non-hydrogen) atoms. The van der Waals surface area contributed by atoms with Gasteiger partial charge in [-0.25, -0.2) is 13.4 Å². The number of nitrogens with zero attached hydrogens (tertiary/aromatic N) is 1. The van der Waals surface area contributed by atoms with Crippen LogP contribution >= 0.6 is 11.3 Å². The summed E-state index contributed by atoms with van der Waals surface area (Å²) in [5.41, 5.74) is 1.80. The summed E-state index contributed by atoms with van der Waals surface area (Å²) in [6.07, 6.45) is 1.13. The molecule has 0 unspecified atom stereocenters. The highest BCUT2D eigenvalue weighted by Gasteiger charge is 2.14. The van der Waals surface area contributed by atoms with Gasteiger partial charge in [0.1, 0.15) is 10.8 Å². The van der Waals surface area contributed by atoms with Gasteiger partial charge >= 0.3 is 0 Å². The molecule has 2 aromatic rings. The van der Waals surface area contributed by atoms with Crippen LogP contribution in [0.15, 0.2) is 35.7 Å². The summed E-state index contributed by atoms with van der Waals surface area (Å²) in [6.45, 7) is 0. The number of thiazole rings is 1. The molecule has 0 amide bonds. The average molecular weight is 295 g/mol. The van der Waals surface area contributed by atoms with Gasteiger partial charge in [-0.2, -0.15) is 0 Å². The molecule has 0 saturated carbocycles. The number of carbonyl (C=O) groups excluding carboxylic acids is 1. The second kappa shape index (κ2) is 5.63. The molecule has 0 aliphatic carbocycles. The molecular weight excluding hydrogens is 282 g/mol. The van der Waals surface area contributed by atoms with Crippen molar-refractivity contribution in [3.8, 4) is 11.3 Å². The van der Waals surface area contributed by atoms with Gasteiger partial charge in [0.15, 0.2) is 15.6 Å². The molecular formula is C13H13NO3S2. The summed E-state index contributed by atoms with van der Waals surface area (Å²) in [6, 6.07) is 9.65. The number of hydrogen-bond acceptors (Lipinski definition) is 5. The Morgan fingerprint density at radius 1 is 1.26 bits per heavy atom. The molecule has 100 valence electrons. The van der Waals surface area contributed by atoms with Crippen LogP contribution in [-0.2, 0) is 21.1 Å². The molecule has 0 aliphatic heterocycles. The van der Waals surface area contributed by atoms with E-state index in [0.29, 0.717) is 5.01 Å². The third-order valence-electron chi connectivity index (χ3n) is 2.39. The molecule has 0 atom stereocenters. The fourth-order valence-corrected chi connectivity index (χ4v) is 3.16. The fraction of sp³-hybridized carbons (Fsp3) is 0.231. The van der Waals surface area contributed by atoms with Crippen molar-refractivity contribution in [1.82, 2.24) is 4.98 Å². The molecule has 0 N–H and O–H groups in total. The number of ketones is 1. The first-order valence-electron chi connectivity index (χ1n) is 5.63. The SMILES string of the molecule is CS(=O)(=O)CC(=O)Cc1nc(-c2ccccc2)cs1. The zero-order valence-electron chi connectivity index (χ0n) is 10.4. The smallest absolute Gasteiger partial charge is 0.154 e. The third kappa shape index (κ3) is 4.25. The molecule has 0 saturated heterocycles. The first kappa shape index (κ1) is 13.9. The highest BCUT2D eigenvalue weighted by Crippen LogP contribution is 2.21. The van der Waals surface area contributed by atoms with Gasteiger partial charge in [-0.1, -0.05) is 30.3 Å². The number of sulfone groups is 1. The van der Waals surface area contributed by atoms with Crippen molar-refractivity contribution >= 4 is 27.0 Å². The van der Waals surface area contributed by atoms with Gasteiger partial charge in [0.25, 0.3) is 0 Å². The van der Waals surface area contributed by atoms with Crippen molar-refractivity contribution in [2.45, 2.75) is 6.42 Å². The zero-order chi connectivity index (χ0) is 13.9. The topological polar surface area (TPSA) is 64.1 Å². The predicted molar refractivity (Wildman–Crippen MR) is 76.0 cm³/mol. The Morgan fingerprint density at radius 2 is 1.95 bits per heavy atom. The number of aromatic nitrogens is 1. The average Bonchev–Trinajstić information content (AvgIpc) is 2.76. The van der Waals surface area contributed by atoms with E-state index in [9.17, 15) is 13.2 Å². The second-order valence-corrected chi connectivity index (χ2v) is 7.36. The van der Waals surface area contributed by atoms with Crippen LogP contribution < -0.4 is 0 Å². The normalized spacial score (nSPS) is 11.4. The van der Waals surface area contributed by atoms with Crippen molar-refractivity contribution < 1.29 is 13.2 Å². The Balaban J connectivity index is 2.08. The van der Waals surface area contributed by atoms with Crippen LogP contribution in [0, 0.1) is 0 Å². The first-order valence-corrected chi connectivity index (χ1v) is 8.57. The number of benzene rings is 1. The molecule has 2 rings (SSSR count). The standard InChI is InChI=1S/C13H13NO3S2/c1-19(16,17)9-11(15)7-13-14-12(8-18-13)10-5-3-2-4-6-10/h2-6,8H,7,9H2,1H3. The van der Waals surface area contributed by atoms with Crippen LogP contribution in [-0.4, -0.2) is 31.2 Å². The Labute approximate surface area is 116 Å². The molecule has 1 heterocycles. The lowest BCUT2D eigenvalue weighted by Gasteiger charge is -1.96. The molecule has 0 fully saturated rings. The molecule has 1 aromatic heterocycles. The van der Waals surface area contributed by atoms with Crippen LogP contribution in [0.3, 0.4) is 0 Å². The maximum atomic E-state index is 11.6. The molecule has 0 aliphatic rings. The largest absolute Gasteiger partial charge is 0.298 e. The Kier molecular flexibility index (Phi) is 4.11. The van der Waals surface area contributed by atoms with E-state index in [1.54, 1.807) is 0 Å². The number of hydrogen-bond donors (Lipinski definition) is 0. The van der Waals surface area contributed by atoms with Gasteiger partial charge in [-0.3, -0.25) is 4.79 Å². The summed E-state index contributed by atoms with van der Waals surface area (Å²) in [5, 5.41) is 2.52. The highest BCUT2D eigenvalue weighted by molar-refractivity contribution is 7.91. The van der Waals surface area contributed by atoms with Crippen LogP contribution in [0.4, 0.5) is 0 Å². The maximum Gasteiger partial charge on any atom is 0.154 e. The van der Waals surface area contributed by atoms with Crippen LogP contribution in [0.1, 0.15) is 5.01 Å². The summed E-state index contributed by atoms with van der Waals surface area (Å²) >= 11 is 1.37. The van der Waals surface area contributed by atoms with Crippen LogP contribution in [0.5, 0.6) is 0 Å². The Bertz CT molecular complexity index is 675. The van der Waals surface area contributed by atoms with Crippen LogP contribution in [0.2, 0.25) is 0 Å². The first-order chi connectivity index (χ1) is 8.94. The second-order valence-electron chi connectivity index (χ2n) is 4.28. The van der Waals surface area contributed by atoms with Gasteiger partial charge in [0.2, 0.25) is 0 Å². The minimum Gasteiger partial charge on any atom is -0.298 e. The summed E-state index contributed by atoms with van der Waals surface area (Å²) in [7, 11) is -3.26. The predicted octanol–water partition coefficient (Wildman–Crippen LogP) is 1.97. The molecule has 0 bridgehead atoms. The lowest BCUT2D eigenvalue weighted by Crippen LogP contribution is -2.16. The Hall–Kier alpha value is -1.53. The van der Waals surface area contributed by atoms with E-state index in [0.717, 1.165) is 17.5 Å². The van der Waals surface area contributed by atoms with E-state index < -0.39 is 15.6 Å².